The van der Waals surface area contributed by atoms with Crippen LogP contribution < -0.4 is 0 Å². The minimum Gasteiger partial charge on any atom is -0.480 e. The van der Waals surface area contributed by atoms with Gasteiger partial charge in [0.2, 0.25) is 17.6 Å². The molecule has 0 aliphatic carbocycles. The molecule has 2 atom stereocenters. The van der Waals surface area contributed by atoms with Crippen molar-refractivity contribution in [3.8, 4) is 11.6 Å². The van der Waals surface area contributed by atoms with Crippen LogP contribution in [0, 0.1) is 5.92 Å². The monoisotopic (exact) mass is 333 g/mol. The lowest BCUT2D eigenvalue weighted by atomic mass is 9.92. The van der Waals surface area contributed by atoms with Crippen molar-refractivity contribution in [1.82, 2.24) is 15.0 Å². The minimum absolute atomic E-state index is 0.137. The van der Waals surface area contributed by atoms with Crippen molar-refractivity contribution in [2.75, 3.05) is 6.54 Å². The molecule has 0 bridgehead atoms. The lowest BCUT2D eigenvalue weighted by Gasteiger charge is -2.36. The number of hydrogen-bond donors (Lipinski definition) is 1. The zero-order chi connectivity index (χ0) is 17.1. The van der Waals surface area contributed by atoms with E-state index in [1.54, 1.807) is 12.1 Å². The van der Waals surface area contributed by atoms with Gasteiger partial charge < -0.3 is 18.9 Å². The molecule has 1 fully saturated rings. The van der Waals surface area contributed by atoms with E-state index in [2.05, 4.69) is 10.1 Å². The lowest BCUT2D eigenvalue weighted by Crippen LogP contribution is -2.49. The van der Waals surface area contributed by atoms with Crippen molar-refractivity contribution in [3.05, 3.63) is 24.3 Å². The summed E-state index contributed by atoms with van der Waals surface area (Å²) in [6.45, 7) is 2.48. The first-order valence-electron chi connectivity index (χ1n) is 7.93. The maximum Gasteiger partial charge on any atom is 0.326 e. The number of carbonyl (C=O) groups excluding carboxylic acids is 1. The Morgan fingerprint density at radius 2 is 2.29 bits per heavy atom. The van der Waals surface area contributed by atoms with Crippen LogP contribution in [0.15, 0.2) is 27.3 Å². The van der Waals surface area contributed by atoms with Crippen molar-refractivity contribution < 1.29 is 23.6 Å². The number of rotatable bonds is 5. The molecule has 3 rings (SSSR count). The van der Waals surface area contributed by atoms with Crippen molar-refractivity contribution in [2.45, 2.75) is 38.6 Å². The minimum atomic E-state index is -0.951. The molecule has 128 valence electrons. The molecule has 1 N–H and O–H groups in total. The van der Waals surface area contributed by atoms with Gasteiger partial charge >= 0.3 is 5.97 Å². The van der Waals surface area contributed by atoms with Gasteiger partial charge in [0.15, 0.2) is 5.76 Å². The molecule has 2 aromatic heterocycles. The predicted octanol–water partition coefficient (Wildman–Crippen LogP) is 1.97. The number of hydrogen-bond acceptors (Lipinski definition) is 6. The molecule has 2 unspecified atom stereocenters. The number of furan rings is 1. The maximum absolute atomic E-state index is 12.4. The van der Waals surface area contributed by atoms with Crippen LogP contribution in [0.4, 0.5) is 0 Å². The molecule has 2 aromatic rings. The lowest BCUT2D eigenvalue weighted by molar-refractivity contribution is -0.153. The molecular weight excluding hydrogens is 314 g/mol. The fraction of sp³-hybridized carbons (Fsp3) is 0.500. The van der Waals surface area contributed by atoms with Crippen LogP contribution in [0.25, 0.3) is 11.6 Å². The molecule has 1 aliphatic heterocycles. The number of likely N-dealkylation sites (tertiary alicyclic amines) is 1. The van der Waals surface area contributed by atoms with Crippen LogP contribution in [0.3, 0.4) is 0 Å². The summed E-state index contributed by atoms with van der Waals surface area (Å²) in [7, 11) is 0. The summed E-state index contributed by atoms with van der Waals surface area (Å²) in [6.07, 6.45) is 3.23. The van der Waals surface area contributed by atoms with Gasteiger partial charge in [-0.2, -0.15) is 4.98 Å². The van der Waals surface area contributed by atoms with E-state index < -0.39 is 12.0 Å². The SMILES string of the molecule is CC1CCN(C(=O)CCc2nc(-c3ccco3)no2)C(C(=O)O)C1. The van der Waals surface area contributed by atoms with Crippen molar-refractivity contribution in [1.29, 1.82) is 0 Å². The second-order valence-electron chi connectivity index (χ2n) is 6.06. The van der Waals surface area contributed by atoms with Crippen LogP contribution in [-0.2, 0) is 16.0 Å². The Balaban J connectivity index is 1.60. The van der Waals surface area contributed by atoms with Gasteiger partial charge in [0, 0.05) is 19.4 Å². The molecule has 3 heterocycles. The Labute approximate surface area is 138 Å². The zero-order valence-electron chi connectivity index (χ0n) is 13.3. The molecule has 0 spiro atoms. The summed E-state index contributed by atoms with van der Waals surface area (Å²) in [4.78, 5) is 29.4. The van der Waals surface area contributed by atoms with Gasteiger partial charge in [-0.05, 0) is 30.9 Å². The Morgan fingerprint density at radius 3 is 3.00 bits per heavy atom. The quantitative estimate of drug-likeness (QED) is 0.890. The predicted molar refractivity (Wildman–Crippen MR) is 81.9 cm³/mol. The second-order valence-corrected chi connectivity index (χ2v) is 6.06. The van der Waals surface area contributed by atoms with E-state index in [-0.39, 0.29) is 18.7 Å². The zero-order valence-corrected chi connectivity index (χ0v) is 13.3. The molecular formula is C16H19N3O5. The fourth-order valence-electron chi connectivity index (χ4n) is 2.89. The van der Waals surface area contributed by atoms with Gasteiger partial charge in [0.05, 0.1) is 6.26 Å². The Morgan fingerprint density at radius 1 is 1.46 bits per heavy atom. The largest absolute Gasteiger partial charge is 0.480 e. The van der Waals surface area contributed by atoms with Crippen molar-refractivity contribution in [3.63, 3.8) is 0 Å². The number of aryl methyl sites for hydroxylation is 1. The smallest absolute Gasteiger partial charge is 0.326 e. The summed E-state index contributed by atoms with van der Waals surface area (Å²) in [5.41, 5.74) is 0. The topological polar surface area (TPSA) is 110 Å². The van der Waals surface area contributed by atoms with Crippen LogP contribution in [0.2, 0.25) is 0 Å². The van der Waals surface area contributed by atoms with Crippen LogP contribution in [0.1, 0.15) is 32.1 Å². The van der Waals surface area contributed by atoms with Gasteiger partial charge in [-0.3, -0.25) is 4.79 Å². The van der Waals surface area contributed by atoms with E-state index in [9.17, 15) is 14.7 Å². The highest BCUT2D eigenvalue weighted by molar-refractivity contribution is 5.84. The van der Waals surface area contributed by atoms with Crippen molar-refractivity contribution >= 4 is 11.9 Å². The Hall–Kier alpha value is -2.64. The summed E-state index contributed by atoms with van der Waals surface area (Å²) in [6, 6.07) is 2.69. The van der Waals surface area contributed by atoms with Gasteiger partial charge in [-0.1, -0.05) is 12.1 Å². The molecule has 8 nitrogen and oxygen atoms in total. The van der Waals surface area contributed by atoms with E-state index in [4.69, 9.17) is 8.94 Å². The number of aliphatic carboxylic acids is 1. The first-order chi connectivity index (χ1) is 11.5. The van der Waals surface area contributed by atoms with Gasteiger partial charge in [0.25, 0.3) is 0 Å². The van der Waals surface area contributed by atoms with Crippen molar-refractivity contribution in [2.24, 2.45) is 5.92 Å². The van der Waals surface area contributed by atoms with Gasteiger partial charge in [0.1, 0.15) is 6.04 Å². The maximum atomic E-state index is 12.4. The summed E-state index contributed by atoms with van der Waals surface area (Å²) in [5, 5.41) is 13.1. The van der Waals surface area contributed by atoms with Crippen LogP contribution in [0.5, 0.6) is 0 Å². The number of nitrogens with zero attached hydrogens (tertiary/aromatic N) is 3. The summed E-state index contributed by atoms with van der Waals surface area (Å²) in [5.74, 6) is 0.304. The number of piperidine rings is 1. The molecule has 8 heteroatoms. The highest BCUT2D eigenvalue weighted by atomic mass is 16.5. The third-order valence-electron chi connectivity index (χ3n) is 4.23. The number of aromatic nitrogens is 2. The molecule has 0 saturated carbocycles. The number of carbonyl (C=O) groups is 2. The number of amides is 1. The van der Waals surface area contributed by atoms with E-state index in [0.717, 1.165) is 6.42 Å². The second kappa shape index (κ2) is 6.86. The third kappa shape index (κ3) is 3.47. The average molecular weight is 333 g/mol. The highest BCUT2D eigenvalue weighted by Crippen LogP contribution is 2.24. The van der Waals surface area contributed by atoms with E-state index in [1.807, 2.05) is 6.92 Å². The molecule has 0 radical (unpaired) electrons. The number of carboxylic acids is 1. The first-order valence-corrected chi connectivity index (χ1v) is 7.93. The average Bonchev–Trinajstić information content (AvgIpc) is 3.23. The number of carboxylic acid groups (broad SMARTS) is 1. The standard InChI is InChI=1S/C16H19N3O5/c1-10-6-7-19(11(9-10)16(21)22)14(20)5-4-13-17-15(18-24-13)12-3-2-8-23-12/h2-3,8,10-11H,4-7,9H2,1H3,(H,21,22). The van der Waals surface area contributed by atoms with E-state index in [0.29, 0.717) is 36.4 Å². The van der Waals surface area contributed by atoms with Gasteiger partial charge in [-0.25, -0.2) is 4.79 Å². The summed E-state index contributed by atoms with van der Waals surface area (Å²) < 4.78 is 10.3. The third-order valence-corrected chi connectivity index (χ3v) is 4.23. The van der Waals surface area contributed by atoms with Crippen LogP contribution >= 0.6 is 0 Å². The Kier molecular flexibility index (Phi) is 4.64. The molecule has 0 aromatic carbocycles. The van der Waals surface area contributed by atoms with Gasteiger partial charge in [-0.15, -0.1) is 0 Å². The summed E-state index contributed by atoms with van der Waals surface area (Å²) >= 11 is 0. The molecule has 24 heavy (non-hydrogen) atoms. The normalized spacial score (nSPS) is 21.0. The first kappa shape index (κ1) is 16.2. The molecule has 1 saturated heterocycles. The molecule has 1 aliphatic rings. The van der Waals surface area contributed by atoms with E-state index >= 15 is 0 Å². The van der Waals surface area contributed by atoms with E-state index in [1.165, 1.54) is 11.2 Å². The fourth-order valence-corrected chi connectivity index (χ4v) is 2.89. The van der Waals surface area contributed by atoms with Crippen LogP contribution in [-0.4, -0.2) is 44.6 Å². The molecule has 1 amide bonds. The Bertz CT molecular complexity index is 709. The highest BCUT2D eigenvalue weighted by Gasteiger charge is 2.34.